The van der Waals surface area contributed by atoms with Crippen molar-refractivity contribution in [3.05, 3.63) is 29.3 Å². The second-order valence-corrected chi connectivity index (χ2v) is 5.61. The van der Waals surface area contributed by atoms with Crippen molar-refractivity contribution in [2.45, 2.75) is 33.3 Å². The van der Waals surface area contributed by atoms with Gasteiger partial charge in [0.1, 0.15) is 5.60 Å². The molecule has 0 saturated heterocycles. The van der Waals surface area contributed by atoms with Gasteiger partial charge in [-0.2, -0.15) is 0 Å². The average Bonchev–Trinajstić information content (AvgIpc) is 2.29. The molecule has 0 spiro atoms. The monoisotopic (exact) mass is 278 g/mol. The summed E-state index contributed by atoms with van der Waals surface area (Å²) in [5.41, 5.74) is 1.45. The zero-order valence-electron chi connectivity index (χ0n) is 12.7. The molecule has 5 heteroatoms. The highest BCUT2D eigenvalue weighted by molar-refractivity contribution is 5.99. The summed E-state index contributed by atoms with van der Waals surface area (Å²) in [4.78, 5) is 23.6. The highest BCUT2D eigenvalue weighted by Crippen LogP contribution is 2.18. The first-order chi connectivity index (χ1) is 9.23. The number of ether oxygens (including phenoxy) is 1. The first-order valence-electron chi connectivity index (χ1n) is 6.51. The molecule has 20 heavy (non-hydrogen) atoms. The summed E-state index contributed by atoms with van der Waals surface area (Å²) in [5.74, 6) is -0.0280. The van der Waals surface area contributed by atoms with Crippen LogP contribution in [-0.2, 0) is 4.74 Å². The quantitative estimate of drug-likeness (QED) is 0.831. The van der Waals surface area contributed by atoms with Gasteiger partial charge in [0.15, 0.2) is 5.78 Å². The van der Waals surface area contributed by atoms with Gasteiger partial charge >= 0.3 is 6.09 Å². The van der Waals surface area contributed by atoms with E-state index >= 15 is 0 Å². The number of nitrogens with one attached hydrogen (secondary N) is 2. The largest absolute Gasteiger partial charge is 0.444 e. The Morgan fingerprint density at radius 2 is 1.90 bits per heavy atom. The lowest BCUT2D eigenvalue weighted by Crippen LogP contribution is -2.27. The molecule has 0 saturated carbocycles. The van der Waals surface area contributed by atoms with Crippen LogP contribution < -0.4 is 10.6 Å². The highest BCUT2D eigenvalue weighted by atomic mass is 16.6. The summed E-state index contributed by atoms with van der Waals surface area (Å²) in [5, 5.41) is 5.48. The van der Waals surface area contributed by atoms with Gasteiger partial charge in [-0.3, -0.25) is 10.1 Å². The normalized spacial score (nSPS) is 11.1. The number of benzene rings is 1. The number of aryl methyl sites for hydroxylation is 1. The predicted molar refractivity (Wildman–Crippen MR) is 79.3 cm³/mol. The minimum atomic E-state index is -0.558. The fourth-order valence-electron chi connectivity index (χ4n) is 1.61. The summed E-state index contributed by atoms with van der Waals surface area (Å²) in [7, 11) is 1.71. The van der Waals surface area contributed by atoms with Crippen molar-refractivity contribution < 1.29 is 14.3 Å². The van der Waals surface area contributed by atoms with Crippen LogP contribution in [0, 0.1) is 6.92 Å². The number of Topliss-reactive ketones (excluding diaryl/α,β-unsaturated/α-hetero) is 1. The van der Waals surface area contributed by atoms with Gasteiger partial charge in [0.25, 0.3) is 0 Å². The van der Waals surface area contributed by atoms with Gasteiger partial charge < -0.3 is 10.1 Å². The molecule has 0 aromatic heterocycles. The first-order valence-corrected chi connectivity index (χ1v) is 6.51. The third-order valence-corrected chi connectivity index (χ3v) is 2.53. The maximum Gasteiger partial charge on any atom is 0.412 e. The molecule has 1 rings (SSSR count). The molecular weight excluding hydrogens is 256 g/mol. The lowest BCUT2D eigenvalue weighted by Gasteiger charge is -2.20. The Balaban J connectivity index is 2.87. The van der Waals surface area contributed by atoms with Crippen LogP contribution in [0.4, 0.5) is 10.5 Å². The van der Waals surface area contributed by atoms with E-state index < -0.39 is 11.7 Å². The van der Waals surface area contributed by atoms with Gasteiger partial charge in [0, 0.05) is 11.3 Å². The number of hydrogen-bond donors (Lipinski definition) is 2. The van der Waals surface area contributed by atoms with Crippen molar-refractivity contribution in [1.29, 1.82) is 0 Å². The Hall–Kier alpha value is -1.88. The Bertz CT molecular complexity index is 504. The molecule has 0 fully saturated rings. The molecular formula is C15H22N2O3. The molecule has 2 N–H and O–H groups in total. The SMILES string of the molecule is CNCC(=O)c1ccc(C)c(NC(=O)OC(C)(C)C)c1. The van der Waals surface area contributed by atoms with E-state index in [1.165, 1.54) is 0 Å². The van der Waals surface area contributed by atoms with E-state index in [9.17, 15) is 9.59 Å². The molecule has 0 atom stereocenters. The number of likely N-dealkylation sites (N-methyl/N-ethyl adjacent to an activating group) is 1. The van der Waals surface area contributed by atoms with Crippen LogP contribution >= 0.6 is 0 Å². The molecule has 110 valence electrons. The summed E-state index contributed by atoms with van der Waals surface area (Å²) in [6.45, 7) is 7.51. The molecule has 0 aliphatic rings. The number of carbonyl (C=O) groups is 2. The molecule has 1 aromatic rings. The molecule has 0 unspecified atom stereocenters. The second kappa shape index (κ2) is 6.52. The maximum absolute atomic E-state index is 11.8. The van der Waals surface area contributed by atoms with Crippen LogP contribution in [0.2, 0.25) is 0 Å². The molecule has 0 bridgehead atoms. The van der Waals surface area contributed by atoms with E-state index in [1.807, 2.05) is 6.92 Å². The second-order valence-electron chi connectivity index (χ2n) is 5.61. The topological polar surface area (TPSA) is 67.4 Å². The van der Waals surface area contributed by atoms with Crippen molar-refractivity contribution in [3.8, 4) is 0 Å². The number of rotatable bonds is 4. The van der Waals surface area contributed by atoms with Gasteiger partial charge in [0.05, 0.1) is 6.54 Å². The number of hydrogen-bond acceptors (Lipinski definition) is 4. The van der Waals surface area contributed by atoms with Gasteiger partial charge in [-0.05, 0) is 46.4 Å². The molecule has 0 heterocycles. The fourth-order valence-corrected chi connectivity index (χ4v) is 1.61. The number of carbonyl (C=O) groups excluding carboxylic acids is 2. The number of amides is 1. The third-order valence-electron chi connectivity index (χ3n) is 2.53. The zero-order chi connectivity index (χ0) is 15.3. The van der Waals surface area contributed by atoms with Gasteiger partial charge in [-0.25, -0.2) is 4.79 Å². The van der Waals surface area contributed by atoms with Crippen molar-refractivity contribution in [1.82, 2.24) is 5.32 Å². The molecule has 1 aromatic carbocycles. The standard InChI is InChI=1S/C15H22N2O3/c1-10-6-7-11(13(18)9-16-5)8-12(10)17-14(19)20-15(2,3)4/h6-8,16H,9H2,1-5H3,(H,17,19). The minimum absolute atomic E-state index is 0.0280. The Morgan fingerprint density at radius 3 is 2.45 bits per heavy atom. The van der Waals surface area contributed by atoms with E-state index in [2.05, 4.69) is 10.6 Å². The van der Waals surface area contributed by atoms with E-state index in [1.54, 1.807) is 46.0 Å². The minimum Gasteiger partial charge on any atom is -0.444 e. The van der Waals surface area contributed by atoms with E-state index in [0.29, 0.717) is 11.3 Å². The fraction of sp³-hybridized carbons (Fsp3) is 0.467. The lowest BCUT2D eigenvalue weighted by molar-refractivity contribution is 0.0635. The lowest BCUT2D eigenvalue weighted by atomic mass is 10.1. The molecule has 0 aliphatic carbocycles. The van der Waals surface area contributed by atoms with Crippen LogP contribution in [-0.4, -0.2) is 31.1 Å². The van der Waals surface area contributed by atoms with Gasteiger partial charge in [-0.15, -0.1) is 0 Å². The highest BCUT2D eigenvalue weighted by Gasteiger charge is 2.17. The van der Waals surface area contributed by atoms with Gasteiger partial charge in [-0.1, -0.05) is 12.1 Å². The van der Waals surface area contributed by atoms with Crippen LogP contribution in [0.5, 0.6) is 0 Å². The Kier molecular flexibility index (Phi) is 5.27. The van der Waals surface area contributed by atoms with Crippen LogP contribution in [0.3, 0.4) is 0 Å². The summed E-state index contributed by atoms with van der Waals surface area (Å²) >= 11 is 0. The smallest absolute Gasteiger partial charge is 0.412 e. The average molecular weight is 278 g/mol. The number of ketones is 1. The van der Waals surface area contributed by atoms with Crippen molar-refractivity contribution in [3.63, 3.8) is 0 Å². The Labute approximate surface area is 119 Å². The van der Waals surface area contributed by atoms with Gasteiger partial charge in [0.2, 0.25) is 0 Å². The predicted octanol–water partition coefficient (Wildman–Crippen LogP) is 2.74. The summed E-state index contributed by atoms with van der Waals surface area (Å²) < 4.78 is 5.20. The third kappa shape index (κ3) is 5.01. The molecule has 5 nitrogen and oxygen atoms in total. The summed E-state index contributed by atoms with van der Waals surface area (Å²) in [6, 6.07) is 5.21. The van der Waals surface area contributed by atoms with E-state index in [-0.39, 0.29) is 12.3 Å². The number of anilines is 1. The van der Waals surface area contributed by atoms with Crippen LogP contribution in [0.25, 0.3) is 0 Å². The van der Waals surface area contributed by atoms with Crippen LogP contribution in [0.15, 0.2) is 18.2 Å². The molecule has 0 aliphatic heterocycles. The Morgan fingerprint density at radius 1 is 1.25 bits per heavy atom. The summed E-state index contributed by atoms with van der Waals surface area (Å²) in [6.07, 6.45) is -0.529. The maximum atomic E-state index is 11.8. The molecule has 0 radical (unpaired) electrons. The van der Waals surface area contributed by atoms with E-state index in [4.69, 9.17) is 4.74 Å². The zero-order valence-corrected chi connectivity index (χ0v) is 12.7. The van der Waals surface area contributed by atoms with Crippen LogP contribution in [0.1, 0.15) is 36.7 Å². The van der Waals surface area contributed by atoms with Crippen molar-refractivity contribution in [2.24, 2.45) is 0 Å². The van der Waals surface area contributed by atoms with E-state index in [0.717, 1.165) is 5.56 Å². The van der Waals surface area contributed by atoms with Crippen molar-refractivity contribution in [2.75, 3.05) is 18.9 Å². The van der Waals surface area contributed by atoms with Crippen molar-refractivity contribution >= 4 is 17.6 Å². The first kappa shape index (κ1) is 16.2. The molecule has 1 amide bonds.